The molecule has 0 amide bonds. The fourth-order valence-electron chi connectivity index (χ4n) is 3.41. The first-order chi connectivity index (χ1) is 11.6. The summed E-state index contributed by atoms with van der Waals surface area (Å²) in [6.45, 7) is 7.69. The summed E-state index contributed by atoms with van der Waals surface area (Å²) in [5, 5.41) is 4.72. The summed E-state index contributed by atoms with van der Waals surface area (Å²) in [6, 6.07) is 6.26. The first kappa shape index (κ1) is 15.5. The molecule has 4 rings (SSSR count). The minimum absolute atomic E-state index is 0.573. The second-order valence-electron chi connectivity index (χ2n) is 6.70. The second kappa shape index (κ2) is 6.12. The minimum atomic E-state index is 0.573. The van der Waals surface area contributed by atoms with E-state index >= 15 is 0 Å². The fraction of sp³-hybridized carbons (Fsp3) is 0.444. The van der Waals surface area contributed by atoms with Gasteiger partial charge in [-0.15, -0.1) is 0 Å². The number of hydrogen-bond acceptors (Lipinski definition) is 4. The second-order valence-corrected chi connectivity index (χ2v) is 6.70. The van der Waals surface area contributed by atoms with Crippen molar-refractivity contribution >= 4 is 22.9 Å². The van der Waals surface area contributed by atoms with Crippen LogP contribution in [0.2, 0.25) is 0 Å². The van der Waals surface area contributed by atoms with Crippen LogP contribution >= 0.6 is 0 Å². The molecule has 0 bridgehead atoms. The number of ether oxygens (including phenoxy) is 1. The Labute approximate surface area is 142 Å². The van der Waals surface area contributed by atoms with Crippen molar-refractivity contribution in [3.8, 4) is 0 Å². The smallest absolute Gasteiger partial charge is 0.184 e. The Bertz CT molecular complexity index is 803. The van der Waals surface area contributed by atoms with Crippen molar-refractivity contribution in [2.24, 2.45) is 5.10 Å². The van der Waals surface area contributed by atoms with Crippen LogP contribution < -0.4 is 0 Å². The molecule has 0 aliphatic carbocycles. The quantitative estimate of drug-likeness (QED) is 0.874. The predicted molar refractivity (Wildman–Crippen MR) is 95.6 cm³/mol. The first-order valence-electron chi connectivity index (χ1n) is 8.53. The molecule has 0 spiro atoms. The largest absolute Gasteiger partial charge is 0.379 e. The zero-order valence-corrected chi connectivity index (χ0v) is 14.3. The number of H-pyrrole nitrogens is 1. The summed E-state index contributed by atoms with van der Waals surface area (Å²) in [5.41, 5.74) is 5.42. The summed E-state index contributed by atoms with van der Waals surface area (Å²) >= 11 is 0. The van der Waals surface area contributed by atoms with Crippen molar-refractivity contribution in [3.05, 3.63) is 35.7 Å². The Morgan fingerprint density at radius 3 is 2.96 bits per heavy atom. The van der Waals surface area contributed by atoms with Gasteiger partial charge in [0.1, 0.15) is 12.2 Å². The fourth-order valence-corrected chi connectivity index (χ4v) is 3.41. The highest BCUT2D eigenvalue weighted by molar-refractivity contribution is 5.87. The lowest BCUT2D eigenvalue weighted by atomic mass is 10.2. The number of aromatic nitrogens is 2. The number of likely N-dealkylation sites (N-methyl/N-ethyl adjacent to an activating group) is 1. The summed E-state index contributed by atoms with van der Waals surface area (Å²) in [5.74, 6) is 0. The highest BCUT2D eigenvalue weighted by Crippen LogP contribution is 2.30. The lowest BCUT2D eigenvalue weighted by Gasteiger charge is -2.31. The number of nitrogens with zero attached hydrogens (tertiary/aromatic N) is 4. The van der Waals surface area contributed by atoms with Crippen LogP contribution in [0.4, 0.5) is 0 Å². The molecule has 2 aromatic heterocycles. The van der Waals surface area contributed by atoms with Gasteiger partial charge in [0.2, 0.25) is 0 Å². The number of nitrogens with one attached hydrogen (secondary N) is 1. The molecule has 1 N–H and O–H groups in total. The molecular weight excluding hydrogens is 302 g/mol. The van der Waals surface area contributed by atoms with Gasteiger partial charge < -0.3 is 9.72 Å². The summed E-state index contributed by atoms with van der Waals surface area (Å²) in [6.07, 6.45) is 4.02. The predicted octanol–water partition coefficient (Wildman–Crippen LogP) is 1.99. The van der Waals surface area contributed by atoms with E-state index in [4.69, 9.17) is 9.84 Å². The molecule has 1 unspecified atom stereocenters. The average molecular weight is 326 g/mol. The number of hydrogen-bond donors (Lipinski definition) is 1. The normalized spacial score (nSPS) is 24.7. The van der Waals surface area contributed by atoms with Crippen LogP contribution in [-0.2, 0) is 4.74 Å². The third-order valence-corrected chi connectivity index (χ3v) is 4.92. The molecule has 0 aromatic carbocycles. The summed E-state index contributed by atoms with van der Waals surface area (Å²) in [4.78, 5) is 10.6. The van der Waals surface area contributed by atoms with Gasteiger partial charge in [-0.05, 0) is 25.1 Å². The minimum Gasteiger partial charge on any atom is -0.379 e. The van der Waals surface area contributed by atoms with E-state index < -0.39 is 0 Å². The van der Waals surface area contributed by atoms with E-state index in [2.05, 4.69) is 40.1 Å². The number of rotatable bonds is 4. The Hall–Kier alpha value is -2.02. The van der Waals surface area contributed by atoms with Gasteiger partial charge in [-0.3, -0.25) is 9.88 Å². The van der Waals surface area contributed by atoms with Crippen molar-refractivity contribution < 1.29 is 9.33 Å². The number of aryl methyl sites for hydroxylation is 1. The van der Waals surface area contributed by atoms with Gasteiger partial charge >= 0.3 is 0 Å². The Balaban J connectivity index is 1.54. The van der Waals surface area contributed by atoms with E-state index in [0.717, 1.165) is 61.8 Å². The zero-order chi connectivity index (χ0) is 16.6. The Morgan fingerprint density at radius 1 is 1.29 bits per heavy atom. The van der Waals surface area contributed by atoms with Crippen LogP contribution in [0.25, 0.3) is 16.7 Å². The van der Waals surface area contributed by atoms with Crippen LogP contribution in [0, 0.1) is 6.92 Å². The van der Waals surface area contributed by atoms with Crippen LogP contribution in [0.15, 0.2) is 29.4 Å². The molecule has 1 saturated heterocycles. The van der Waals surface area contributed by atoms with E-state index in [1.54, 1.807) is 0 Å². The molecule has 0 saturated carbocycles. The van der Waals surface area contributed by atoms with Gasteiger partial charge in [-0.25, -0.2) is 0 Å². The number of aromatic amines is 1. The molecule has 2 aliphatic rings. The van der Waals surface area contributed by atoms with Crippen molar-refractivity contribution in [1.82, 2.24) is 14.9 Å². The highest BCUT2D eigenvalue weighted by atomic mass is 16.5. The third kappa shape index (κ3) is 2.88. The maximum atomic E-state index is 5.43. The lowest BCUT2D eigenvalue weighted by molar-refractivity contribution is -0.843. The molecule has 1 atom stereocenters. The van der Waals surface area contributed by atoms with Crippen molar-refractivity contribution in [2.45, 2.75) is 6.92 Å². The van der Waals surface area contributed by atoms with E-state index in [0.29, 0.717) is 4.59 Å². The van der Waals surface area contributed by atoms with Gasteiger partial charge in [0, 0.05) is 24.9 Å². The number of morpholine rings is 1. The van der Waals surface area contributed by atoms with Crippen LogP contribution in [0.1, 0.15) is 11.4 Å². The van der Waals surface area contributed by atoms with Crippen molar-refractivity contribution in [2.75, 3.05) is 46.4 Å². The summed E-state index contributed by atoms with van der Waals surface area (Å²) in [7, 11) is 2.17. The molecular formula is C18H24N5O+. The van der Waals surface area contributed by atoms with E-state index in [1.807, 2.05) is 19.2 Å². The number of pyridine rings is 1. The van der Waals surface area contributed by atoms with E-state index in [-0.39, 0.29) is 0 Å². The van der Waals surface area contributed by atoms with Crippen molar-refractivity contribution in [1.29, 1.82) is 0 Å². The molecule has 2 aliphatic heterocycles. The molecule has 4 heterocycles. The maximum Gasteiger partial charge on any atom is 0.184 e. The van der Waals surface area contributed by atoms with Crippen molar-refractivity contribution in [3.63, 3.8) is 0 Å². The van der Waals surface area contributed by atoms with Crippen LogP contribution in [0.3, 0.4) is 0 Å². The Kier molecular flexibility index (Phi) is 3.96. The third-order valence-electron chi connectivity index (χ3n) is 4.92. The molecule has 24 heavy (non-hydrogen) atoms. The van der Waals surface area contributed by atoms with Gasteiger partial charge in [-0.1, -0.05) is 5.10 Å². The molecule has 0 radical (unpaired) electrons. The number of quaternary nitrogens is 1. The molecule has 6 nitrogen and oxygen atoms in total. The monoisotopic (exact) mass is 326 g/mol. The van der Waals surface area contributed by atoms with Gasteiger partial charge in [0.05, 0.1) is 44.1 Å². The van der Waals surface area contributed by atoms with Gasteiger partial charge in [0.15, 0.2) is 5.70 Å². The highest BCUT2D eigenvalue weighted by Gasteiger charge is 2.34. The Morgan fingerprint density at radius 2 is 2.12 bits per heavy atom. The summed E-state index contributed by atoms with van der Waals surface area (Å²) < 4.78 is 6.00. The molecule has 1 fully saturated rings. The zero-order valence-electron chi connectivity index (χ0n) is 14.3. The molecule has 2 aromatic rings. The maximum absolute atomic E-state index is 5.43. The first-order valence-corrected chi connectivity index (χ1v) is 8.53. The SMILES string of the molecule is Cc1ccc2[nH]c(C3=CC=N[N+]3(C)CCN3CCOCC3)cc2n1. The van der Waals surface area contributed by atoms with Gasteiger partial charge in [-0.2, -0.15) is 4.59 Å². The van der Waals surface area contributed by atoms with E-state index in [9.17, 15) is 0 Å². The topological polar surface area (TPSA) is 53.5 Å². The van der Waals surface area contributed by atoms with Gasteiger partial charge in [0.25, 0.3) is 0 Å². The standard InChI is InChI=1S/C18H24N5O/c1-14-3-4-15-16(20-14)13-17(21-15)18-5-6-19-23(18,2)10-7-22-8-11-24-12-9-22/h3-6,13,21H,7-12H2,1-2H3/q+1. The number of fused-ring (bicyclic) bond motifs is 1. The molecule has 6 heteroatoms. The van der Waals surface area contributed by atoms with E-state index in [1.165, 1.54) is 5.70 Å². The van der Waals surface area contributed by atoms with Crippen LogP contribution in [-0.4, -0.2) is 72.1 Å². The van der Waals surface area contributed by atoms with Crippen LogP contribution in [0.5, 0.6) is 0 Å². The lowest BCUT2D eigenvalue weighted by Crippen LogP contribution is -2.45. The number of allylic oxidation sites excluding steroid dienone is 1. The average Bonchev–Trinajstić information content (AvgIpc) is 3.17. The molecule has 126 valence electrons.